The van der Waals surface area contributed by atoms with Gasteiger partial charge in [0.1, 0.15) is 0 Å². The molecule has 0 aliphatic carbocycles. The molecule has 0 heterocycles. The fourth-order valence-corrected chi connectivity index (χ4v) is 1.94. The number of nitrogens with two attached hydrogens (primary N) is 1. The van der Waals surface area contributed by atoms with Crippen LogP contribution in [-0.4, -0.2) is 12.5 Å². The van der Waals surface area contributed by atoms with Gasteiger partial charge in [0.05, 0.1) is 0 Å². The number of hydrogen-bond donors (Lipinski definition) is 2. The van der Waals surface area contributed by atoms with Crippen LogP contribution in [0.15, 0.2) is 18.2 Å². The van der Waals surface area contributed by atoms with Crippen molar-refractivity contribution in [1.82, 2.24) is 0 Å². The third-order valence-electron chi connectivity index (χ3n) is 3.16. The summed E-state index contributed by atoms with van der Waals surface area (Å²) in [6.07, 6.45) is 2.35. The molecule has 1 atom stereocenters. The lowest BCUT2D eigenvalue weighted by Crippen LogP contribution is -2.18. The number of hydrogen-bond acceptors (Lipinski definition) is 2. The highest BCUT2D eigenvalue weighted by atomic mass is 35.5. The van der Waals surface area contributed by atoms with E-state index in [2.05, 4.69) is 12.2 Å². The van der Waals surface area contributed by atoms with Gasteiger partial charge in [-0.05, 0) is 43.5 Å². The normalized spacial score (nSPS) is 12.2. The molecule has 0 aliphatic rings. The summed E-state index contributed by atoms with van der Waals surface area (Å²) >= 11 is 5.90. The summed E-state index contributed by atoms with van der Waals surface area (Å²) in [6, 6.07) is 5.48. The monoisotopic (exact) mass is 268 g/mol. The van der Waals surface area contributed by atoms with Crippen LogP contribution in [0.2, 0.25) is 5.02 Å². The Hall–Kier alpha value is -1.06. The molecule has 1 aromatic carbocycles. The lowest BCUT2D eigenvalue weighted by atomic mass is 10.0. The van der Waals surface area contributed by atoms with Gasteiger partial charge in [-0.25, -0.2) is 0 Å². The SMILES string of the molecule is CCC(CN)CCC(=O)Nc1cc(Cl)ccc1C. The minimum Gasteiger partial charge on any atom is -0.330 e. The van der Waals surface area contributed by atoms with Crippen molar-refractivity contribution in [2.75, 3.05) is 11.9 Å². The van der Waals surface area contributed by atoms with E-state index in [9.17, 15) is 4.79 Å². The molecular formula is C14H21ClN2O. The molecule has 1 unspecified atom stereocenters. The van der Waals surface area contributed by atoms with Gasteiger partial charge in [-0.15, -0.1) is 0 Å². The molecule has 1 amide bonds. The third kappa shape index (κ3) is 4.67. The summed E-state index contributed by atoms with van der Waals surface area (Å²) in [5, 5.41) is 3.52. The van der Waals surface area contributed by atoms with Crippen molar-refractivity contribution in [3.8, 4) is 0 Å². The van der Waals surface area contributed by atoms with E-state index in [0.717, 1.165) is 24.1 Å². The molecule has 0 aliphatic heterocycles. The van der Waals surface area contributed by atoms with E-state index in [1.54, 1.807) is 6.07 Å². The first-order valence-corrected chi connectivity index (χ1v) is 6.70. The molecular weight excluding hydrogens is 248 g/mol. The van der Waals surface area contributed by atoms with Crippen LogP contribution < -0.4 is 11.1 Å². The second-order valence-electron chi connectivity index (χ2n) is 4.56. The van der Waals surface area contributed by atoms with Gasteiger partial charge < -0.3 is 11.1 Å². The van der Waals surface area contributed by atoms with Crippen molar-refractivity contribution in [3.05, 3.63) is 28.8 Å². The number of benzene rings is 1. The van der Waals surface area contributed by atoms with Crippen LogP contribution in [0.3, 0.4) is 0 Å². The maximum Gasteiger partial charge on any atom is 0.224 e. The molecule has 0 saturated carbocycles. The smallest absolute Gasteiger partial charge is 0.224 e. The van der Waals surface area contributed by atoms with Gasteiger partial charge in [0.25, 0.3) is 0 Å². The first kappa shape index (κ1) is 15.0. The molecule has 0 bridgehead atoms. The Morgan fingerprint density at radius 1 is 1.50 bits per heavy atom. The standard InChI is InChI=1S/C14H21ClN2O/c1-3-11(9-16)5-7-14(18)17-13-8-12(15)6-4-10(13)2/h4,6,8,11H,3,5,7,9,16H2,1-2H3,(H,17,18). The maximum atomic E-state index is 11.8. The Morgan fingerprint density at radius 2 is 2.22 bits per heavy atom. The number of carbonyl (C=O) groups excluding carboxylic acids is 1. The summed E-state index contributed by atoms with van der Waals surface area (Å²) in [5.41, 5.74) is 7.41. The molecule has 1 rings (SSSR count). The molecule has 3 N–H and O–H groups in total. The first-order chi connectivity index (χ1) is 8.56. The Morgan fingerprint density at radius 3 is 2.83 bits per heavy atom. The van der Waals surface area contributed by atoms with Crippen molar-refractivity contribution in [2.45, 2.75) is 33.1 Å². The predicted molar refractivity (Wildman–Crippen MR) is 76.9 cm³/mol. The highest BCUT2D eigenvalue weighted by Gasteiger charge is 2.09. The molecule has 100 valence electrons. The molecule has 0 fully saturated rings. The molecule has 18 heavy (non-hydrogen) atoms. The number of aryl methyl sites for hydroxylation is 1. The molecule has 1 aromatic rings. The Balaban J connectivity index is 2.51. The zero-order valence-electron chi connectivity index (χ0n) is 11.0. The molecule has 0 aromatic heterocycles. The molecule has 3 nitrogen and oxygen atoms in total. The van der Waals surface area contributed by atoms with E-state index < -0.39 is 0 Å². The summed E-state index contributed by atoms with van der Waals surface area (Å²) in [5.74, 6) is 0.448. The van der Waals surface area contributed by atoms with E-state index in [1.807, 2.05) is 19.1 Å². The highest BCUT2D eigenvalue weighted by molar-refractivity contribution is 6.31. The fraction of sp³-hybridized carbons (Fsp3) is 0.500. The minimum absolute atomic E-state index is 0.0206. The van der Waals surface area contributed by atoms with Crippen LogP contribution in [0.1, 0.15) is 31.7 Å². The van der Waals surface area contributed by atoms with Crippen LogP contribution >= 0.6 is 11.6 Å². The van der Waals surface area contributed by atoms with Crippen molar-refractivity contribution in [2.24, 2.45) is 11.7 Å². The van der Waals surface area contributed by atoms with Gasteiger partial charge in [0, 0.05) is 17.1 Å². The average molecular weight is 269 g/mol. The molecule has 0 saturated heterocycles. The molecule has 0 radical (unpaired) electrons. The van der Waals surface area contributed by atoms with Crippen LogP contribution in [0.5, 0.6) is 0 Å². The van der Waals surface area contributed by atoms with Crippen molar-refractivity contribution in [3.63, 3.8) is 0 Å². The van der Waals surface area contributed by atoms with Crippen LogP contribution in [0, 0.1) is 12.8 Å². The lowest BCUT2D eigenvalue weighted by Gasteiger charge is -2.12. The van der Waals surface area contributed by atoms with Crippen LogP contribution in [0.4, 0.5) is 5.69 Å². The number of anilines is 1. The van der Waals surface area contributed by atoms with E-state index in [1.165, 1.54) is 0 Å². The predicted octanol–water partition coefficient (Wildman–Crippen LogP) is 3.35. The van der Waals surface area contributed by atoms with Crippen molar-refractivity contribution < 1.29 is 4.79 Å². The lowest BCUT2D eigenvalue weighted by molar-refractivity contribution is -0.116. The quantitative estimate of drug-likeness (QED) is 0.831. The largest absolute Gasteiger partial charge is 0.330 e. The average Bonchev–Trinajstić information content (AvgIpc) is 2.35. The molecule has 0 spiro atoms. The third-order valence-corrected chi connectivity index (χ3v) is 3.40. The second-order valence-corrected chi connectivity index (χ2v) is 4.99. The van der Waals surface area contributed by atoms with Gasteiger partial charge in [0.15, 0.2) is 0 Å². The number of halogens is 1. The summed E-state index contributed by atoms with van der Waals surface area (Å²) in [6.45, 7) is 4.68. The van der Waals surface area contributed by atoms with Crippen molar-refractivity contribution >= 4 is 23.2 Å². The highest BCUT2D eigenvalue weighted by Crippen LogP contribution is 2.20. The Bertz CT molecular complexity index is 403. The summed E-state index contributed by atoms with van der Waals surface area (Å²) in [4.78, 5) is 11.8. The van der Waals surface area contributed by atoms with E-state index in [4.69, 9.17) is 17.3 Å². The minimum atomic E-state index is 0.0206. The van der Waals surface area contributed by atoms with Gasteiger partial charge in [0.2, 0.25) is 5.91 Å². The van der Waals surface area contributed by atoms with Crippen molar-refractivity contribution in [1.29, 1.82) is 0 Å². The van der Waals surface area contributed by atoms with Crippen LogP contribution in [0.25, 0.3) is 0 Å². The van der Waals surface area contributed by atoms with E-state index in [-0.39, 0.29) is 5.91 Å². The number of amides is 1. The van der Waals surface area contributed by atoms with Gasteiger partial charge in [-0.2, -0.15) is 0 Å². The van der Waals surface area contributed by atoms with E-state index in [0.29, 0.717) is 23.9 Å². The zero-order valence-corrected chi connectivity index (χ0v) is 11.8. The topological polar surface area (TPSA) is 55.1 Å². The number of rotatable bonds is 6. The number of carbonyl (C=O) groups is 1. The first-order valence-electron chi connectivity index (χ1n) is 6.32. The Labute approximate surface area is 114 Å². The Kier molecular flexibility index (Phi) is 6.16. The van der Waals surface area contributed by atoms with E-state index >= 15 is 0 Å². The maximum absolute atomic E-state index is 11.8. The van der Waals surface area contributed by atoms with Gasteiger partial charge >= 0.3 is 0 Å². The fourth-order valence-electron chi connectivity index (χ4n) is 1.77. The van der Waals surface area contributed by atoms with Crippen LogP contribution in [-0.2, 0) is 4.79 Å². The number of nitrogens with one attached hydrogen (secondary N) is 1. The molecule has 4 heteroatoms. The van der Waals surface area contributed by atoms with Gasteiger partial charge in [-0.3, -0.25) is 4.79 Å². The zero-order chi connectivity index (χ0) is 13.5. The summed E-state index contributed by atoms with van der Waals surface area (Å²) in [7, 11) is 0. The summed E-state index contributed by atoms with van der Waals surface area (Å²) < 4.78 is 0. The van der Waals surface area contributed by atoms with Gasteiger partial charge in [-0.1, -0.05) is 31.0 Å². The second kappa shape index (κ2) is 7.39.